The lowest BCUT2D eigenvalue weighted by Gasteiger charge is -2.38. The summed E-state index contributed by atoms with van der Waals surface area (Å²) in [5.41, 5.74) is -0.0740. The van der Waals surface area contributed by atoms with E-state index in [1.165, 1.54) is 51.5 Å². The van der Waals surface area contributed by atoms with Crippen LogP contribution in [0.25, 0.3) is 0 Å². The van der Waals surface area contributed by atoms with Crippen molar-refractivity contribution in [1.29, 1.82) is 0 Å². The summed E-state index contributed by atoms with van der Waals surface area (Å²) in [4.78, 5) is 2.68. The number of nitrogens with one attached hydrogen (secondary N) is 1. The van der Waals surface area contributed by atoms with Gasteiger partial charge in [0.2, 0.25) is 0 Å². The summed E-state index contributed by atoms with van der Waals surface area (Å²) < 4.78 is 0. The standard InChI is InChI=1S/C16H32N2O/c1-3-6-15-7-4-5-11-18(15)12-10-16(2,13-19)17-14-8-9-14/h14-15,17,19H,3-13H2,1-2H3. The predicted octanol–water partition coefficient (Wildman–Crippen LogP) is 2.53. The van der Waals surface area contributed by atoms with Gasteiger partial charge in [0, 0.05) is 24.2 Å². The van der Waals surface area contributed by atoms with Gasteiger partial charge in [0.15, 0.2) is 0 Å². The first-order chi connectivity index (χ1) is 9.17. The first kappa shape index (κ1) is 15.3. The van der Waals surface area contributed by atoms with E-state index in [2.05, 4.69) is 24.1 Å². The van der Waals surface area contributed by atoms with Gasteiger partial charge >= 0.3 is 0 Å². The predicted molar refractivity (Wildman–Crippen MR) is 80.4 cm³/mol. The molecule has 0 aromatic rings. The third-order valence-electron chi connectivity index (χ3n) is 4.80. The van der Waals surface area contributed by atoms with Crippen LogP contribution in [0.1, 0.15) is 65.2 Å². The molecule has 2 fully saturated rings. The molecule has 2 rings (SSSR count). The molecule has 2 aliphatic rings. The fourth-order valence-electron chi connectivity index (χ4n) is 3.32. The van der Waals surface area contributed by atoms with E-state index < -0.39 is 0 Å². The number of hydrogen-bond donors (Lipinski definition) is 2. The number of likely N-dealkylation sites (tertiary alicyclic amines) is 1. The van der Waals surface area contributed by atoms with E-state index in [1.807, 2.05) is 0 Å². The van der Waals surface area contributed by atoms with Crippen molar-refractivity contribution in [3.8, 4) is 0 Å². The van der Waals surface area contributed by atoms with Crippen molar-refractivity contribution in [2.45, 2.75) is 82.8 Å². The van der Waals surface area contributed by atoms with Gasteiger partial charge in [-0.15, -0.1) is 0 Å². The molecule has 1 aliphatic carbocycles. The largest absolute Gasteiger partial charge is 0.394 e. The molecule has 1 aliphatic heterocycles. The molecule has 1 heterocycles. The van der Waals surface area contributed by atoms with Crippen LogP contribution in [0.4, 0.5) is 0 Å². The van der Waals surface area contributed by atoms with Gasteiger partial charge < -0.3 is 15.3 Å². The van der Waals surface area contributed by atoms with Crippen LogP contribution in [0.15, 0.2) is 0 Å². The second-order valence-corrected chi connectivity index (χ2v) is 6.86. The van der Waals surface area contributed by atoms with Crippen molar-refractivity contribution in [3.05, 3.63) is 0 Å². The summed E-state index contributed by atoms with van der Waals surface area (Å²) in [6.07, 6.45) is 10.4. The molecule has 1 saturated heterocycles. The molecule has 2 N–H and O–H groups in total. The third kappa shape index (κ3) is 4.73. The van der Waals surface area contributed by atoms with Gasteiger partial charge in [0.1, 0.15) is 0 Å². The van der Waals surface area contributed by atoms with Crippen molar-refractivity contribution in [2.75, 3.05) is 19.7 Å². The summed E-state index contributed by atoms with van der Waals surface area (Å²) in [5, 5.41) is 13.3. The summed E-state index contributed by atoms with van der Waals surface area (Å²) in [6, 6.07) is 1.47. The van der Waals surface area contributed by atoms with Crippen LogP contribution in [0, 0.1) is 0 Å². The lowest BCUT2D eigenvalue weighted by molar-refractivity contribution is 0.102. The zero-order valence-corrected chi connectivity index (χ0v) is 12.8. The highest BCUT2D eigenvalue weighted by Crippen LogP contribution is 2.26. The molecular formula is C16H32N2O. The van der Waals surface area contributed by atoms with Crippen LogP contribution in [0.3, 0.4) is 0 Å². The molecule has 19 heavy (non-hydrogen) atoms. The Morgan fingerprint density at radius 2 is 2.05 bits per heavy atom. The van der Waals surface area contributed by atoms with Gasteiger partial charge in [-0.25, -0.2) is 0 Å². The van der Waals surface area contributed by atoms with E-state index >= 15 is 0 Å². The Morgan fingerprint density at radius 3 is 2.68 bits per heavy atom. The summed E-state index contributed by atoms with van der Waals surface area (Å²) in [5.74, 6) is 0. The van der Waals surface area contributed by atoms with E-state index in [0.29, 0.717) is 6.04 Å². The monoisotopic (exact) mass is 268 g/mol. The van der Waals surface area contributed by atoms with Gasteiger partial charge in [-0.05, 0) is 52.0 Å². The van der Waals surface area contributed by atoms with Gasteiger partial charge in [-0.1, -0.05) is 19.8 Å². The molecule has 2 unspecified atom stereocenters. The van der Waals surface area contributed by atoms with E-state index in [0.717, 1.165) is 19.0 Å². The number of rotatable bonds is 8. The number of piperidine rings is 1. The van der Waals surface area contributed by atoms with Crippen molar-refractivity contribution in [2.24, 2.45) is 0 Å². The Balaban J connectivity index is 1.80. The SMILES string of the molecule is CCCC1CCCCN1CCC(C)(CO)NC1CC1. The molecule has 112 valence electrons. The van der Waals surface area contributed by atoms with Crippen molar-refractivity contribution in [1.82, 2.24) is 10.2 Å². The molecule has 0 amide bonds. The highest BCUT2D eigenvalue weighted by Gasteiger charge is 2.33. The number of hydrogen-bond acceptors (Lipinski definition) is 3. The van der Waals surface area contributed by atoms with Gasteiger partial charge in [0.05, 0.1) is 6.61 Å². The first-order valence-electron chi connectivity index (χ1n) is 8.29. The van der Waals surface area contributed by atoms with Crippen LogP contribution in [0.5, 0.6) is 0 Å². The summed E-state index contributed by atoms with van der Waals surface area (Å²) in [6.45, 7) is 7.14. The Morgan fingerprint density at radius 1 is 1.26 bits per heavy atom. The zero-order chi connectivity index (χ0) is 13.7. The van der Waals surface area contributed by atoms with E-state index in [-0.39, 0.29) is 12.1 Å². The third-order valence-corrected chi connectivity index (χ3v) is 4.80. The van der Waals surface area contributed by atoms with Gasteiger partial charge in [0.25, 0.3) is 0 Å². The normalized spacial score (nSPS) is 28.3. The Hall–Kier alpha value is -0.120. The second kappa shape index (κ2) is 7.05. The van der Waals surface area contributed by atoms with E-state index in [9.17, 15) is 5.11 Å². The van der Waals surface area contributed by atoms with Gasteiger partial charge in [-0.2, -0.15) is 0 Å². The zero-order valence-electron chi connectivity index (χ0n) is 12.8. The fourth-order valence-corrected chi connectivity index (χ4v) is 3.32. The molecule has 2 atom stereocenters. The quantitative estimate of drug-likeness (QED) is 0.710. The lowest BCUT2D eigenvalue weighted by atomic mass is 9.94. The Bertz CT molecular complexity index is 265. The van der Waals surface area contributed by atoms with Crippen LogP contribution < -0.4 is 5.32 Å². The Labute approximate surface area is 118 Å². The smallest absolute Gasteiger partial charge is 0.0611 e. The number of aliphatic hydroxyl groups is 1. The maximum atomic E-state index is 9.68. The average molecular weight is 268 g/mol. The van der Waals surface area contributed by atoms with Crippen LogP contribution in [0.2, 0.25) is 0 Å². The summed E-state index contributed by atoms with van der Waals surface area (Å²) in [7, 11) is 0. The molecule has 0 aromatic heterocycles. The minimum Gasteiger partial charge on any atom is -0.394 e. The van der Waals surface area contributed by atoms with E-state index in [4.69, 9.17) is 0 Å². The number of aliphatic hydroxyl groups excluding tert-OH is 1. The highest BCUT2D eigenvalue weighted by atomic mass is 16.3. The van der Waals surface area contributed by atoms with Crippen LogP contribution in [-0.2, 0) is 0 Å². The van der Waals surface area contributed by atoms with Crippen molar-refractivity contribution >= 4 is 0 Å². The van der Waals surface area contributed by atoms with E-state index in [1.54, 1.807) is 0 Å². The van der Waals surface area contributed by atoms with Crippen LogP contribution in [-0.4, -0.2) is 47.3 Å². The van der Waals surface area contributed by atoms with Gasteiger partial charge in [-0.3, -0.25) is 0 Å². The maximum Gasteiger partial charge on any atom is 0.0611 e. The average Bonchev–Trinajstić information content (AvgIpc) is 3.22. The number of nitrogens with zero attached hydrogens (tertiary/aromatic N) is 1. The molecule has 0 bridgehead atoms. The molecule has 3 heteroatoms. The Kier molecular flexibility index (Phi) is 5.67. The topological polar surface area (TPSA) is 35.5 Å². The molecule has 0 radical (unpaired) electrons. The minimum absolute atomic E-state index is 0.0740. The molecule has 1 saturated carbocycles. The maximum absolute atomic E-state index is 9.68. The summed E-state index contributed by atoms with van der Waals surface area (Å²) >= 11 is 0. The molecule has 3 nitrogen and oxygen atoms in total. The first-order valence-corrected chi connectivity index (χ1v) is 8.29. The van der Waals surface area contributed by atoms with Crippen molar-refractivity contribution in [3.63, 3.8) is 0 Å². The van der Waals surface area contributed by atoms with Crippen LogP contribution >= 0.6 is 0 Å². The molecule has 0 spiro atoms. The van der Waals surface area contributed by atoms with Crippen molar-refractivity contribution < 1.29 is 5.11 Å². The molecule has 0 aromatic carbocycles. The lowest BCUT2D eigenvalue weighted by Crippen LogP contribution is -2.50. The highest BCUT2D eigenvalue weighted by molar-refractivity contribution is 4.93. The molecular weight excluding hydrogens is 236 g/mol. The fraction of sp³-hybridized carbons (Fsp3) is 1.00. The minimum atomic E-state index is -0.0740. The second-order valence-electron chi connectivity index (χ2n) is 6.86.